The molecule has 0 aliphatic carbocycles. The van der Waals surface area contributed by atoms with Gasteiger partial charge in [0.15, 0.2) is 0 Å². The molecule has 2 aromatic carbocycles. The Bertz CT molecular complexity index is 608. The van der Waals surface area contributed by atoms with Crippen molar-refractivity contribution in [2.75, 3.05) is 14.2 Å². The van der Waals surface area contributed by atoms with Crippen molar-refractivity contribution in [2.24, 2.45) is 0 Å². The molecule has 0 saturated heterocycles. The van der Waals surface area contributed by atoms with Crippen molar-refractivity contribution in [1.29, 1.82) is 0 Å². The quantitative estimate of drug-likeness (QED) is 0.879. The summed E-state index contributed by atoms with van der Waals surface area (Å²) in [5.41, 5.74) is 4.79. The summed E-state index contributed by atoms with van der Waals surface area (Å²) in [4.78, 5) is 0. The zero-order chi connectivity index (χ0) is 15.2. The van der Waals surface area contributed by atoms with Gasteiger partial charge in [0.1, 0.15) is 18.1 Å². The maximum absolute atomic E-state index is 5.90. The largest absolute Gasteiger partial charge is 0.496 e. The van der Waals surface area contributed by atoms with Gasteiger partial charge in [-0.3, -0.25) is 0 Å². The summed E-state index contributed by atoms with van der Waals surface area (Å²) in [6.07, 6.45) is 0. The number of benzene rings is 2. The van der Waals surface area contributed by atoms with E-state index in [1.807, 2.05) is 19.2 Å². The van der Waals surface area contributed by atoms with Crippen molar-refractivity contribution in [3.63, 3.8) is 0 Å². The lowest BCUT2D eigenvalue weighted by Crippen LogP contribution is -2.06. The molecule has 0 saturated carbocycles. The van der Waals surface area contributed by atoms with Crippen molar-refractivity contribution in [1.82, 2.24) is 5.32 Å². The lowest BCUT2D eigenvalue weighted by atomic mass is 10.1. The second kappa shape index (κ2) is 7.14. The van der Waals surface area contributed by atoms with Crippen molar-refractivity contribution in [2.45, 2.75) is 27.0 Å². The maximum Gasteiger partial charge on any atom is 0.125 e. The van der Waals surface area contributed by atoms with Crippen molar-refractivity contribution < 1.29 is 9.47 Å². The van der Waals surface area contributed by atoms with E-state index in [2.05, 4.69) is 43.4 Å². The maximum atomic E-state index is 5.90. The minimum atomic E-state index is 0.503. The highest BCUT2D eigenvalue weighted by Gasteiger charge is 2.06. The van der Waals surface area contributed by atoms with Crippen LogP contribution in [0.25, 0.3) is 0 Å². The van der Waals surface area contributed by atoms with E-state index in [1.165, 1.54) is 16.7 Å². The first-order chi connectivity index (χ1) is 10.1. The molecule has 0 amide bonds. The molecule has 0 heterocycles. The van der Waals surface area contributed by atoms with Gasteiger partial charge in [-0.2, -0.15) is 0 Å². The minimum Gasteiger partial charge on any atom is -0.496 e. The topological polar surface area (TPSA) is 30.5 Å². The van der Waals surface area contributed by atoms with E-state index in [1.54, 1.807) is 7.11 Å². The van der Waals surface area contributed by atoms with E-state index in [9.17, 15) is 0 Å². The first-order valence-electron chi connectivity index (χ1n) is 7.14. The smallest absolute Gasteiger partial charge is 0.125 e. The third kappa shape index (κ3) is 3.99. The summed E-state index contributed by atoms with van der Waals surface area (Å²) in [6.45, 7) is 5.53. The molecule has 112 valence electrons. The molecule has 0 aliphatic heterocycles. The molecule has 0 atom stereocenters. The third-order valence-electron chi connectivity index (χ3n) is 3.60. The van der Waals surface area contributed by atoms with Crippen LogP contribution in [-0.4, -0.2) is 14.2 Å². The predicted octanol–water partition coefficient (Wildman–Crippen LogP) is 3.61. The molecule has 0 radical (unpaired) electrons. The van der Waals surface area contributed by atoms with Crippen LogP contribution in [-0.2, 0) is 13.2 Å². The van der Waals surface area contributed by atoms with E-state index in [0.717, 1.165) is 23.6 Å². The summed E-state index contributed by atoms with van der Waals surface area (Å²) in [7, 11) is 3.63. The van der Waals surface area contributed by atoms with Gasteiger partial charge in [0.25, 0.3) is 0 Å². The summed E-state index contributed by atoms with van der Waals surface area (Å²) >= 11 is 0. The Morgan fingerprint density at radius 2 is 1.81 bits per heavy atom. The van der Waals surface area contributed by atoms with Gasteiger partial charge < -0.3 is 14.8 Å². The SMILES string of the molecule is CNCc1ccc(OC)c(COc2ccc(C)c(C)c2)c1. The first-order valence-corrected chi connectivity index (χ1v) is 7.14. The number of aryl methyl sites for hydroxylation is 2. The summed E-state index contributed by atoms with van der Waals surface area (Å²) in [6, 6.07) is 12.3. The fourth-order valence-corrected chi connectivity index (χ4v) is 2.22. The Balaban J connectivity index is 2.13. The van der Waals surface area contributed by atoms with E-state index in [-0.39, 0.29) is 0 Å². The van der Waals surface area contributed by atoms with Gasteiger partial charge in [-0.05, 0) is 61.9 Å². The van der Waals surface area contributed by atoms with Crippen LogP contribution in [0, 0.1) is 13.8 Å². The molecular weight excluding hydrogens is 262 g/mol. The van der Waals surface area contributed by atoms with Crippen LogP contribution in [0.3, 0.4) is 0 Å². The highest BCUT2D eigenvalue weighted by atomic mass is 16.5. The van der Waals surface area contributed by atoms with E-state index in [4.69, 9.17) is 9.47 Å². The number of rotatable bonds is 6. The molecule has 3 heteroatoms. The predicted molar refractivity (Wildman–Crippen MR) is 86.0 cm³/mol. The Kier molecular flexibility index (Phi) is 5.23. The molecular formula is C18H23NO2. The average molecular weight is 285 g/mol. The van der Waals surface area contributed by atoms with Gasteiger partial charge >= 0.3 is 0 Å². The molecule has 2 rings (SSSR count). The van der Waals surface area contributed by atoms with E-state index in [0.29, 0.717) is 6.61 Å². The van der Waals surface area contributed by atoms with Gasteiger partial charge in [-0.1, -0.05) is 12.1 Å². The summed E-state index contributed by atoms with van der Waals surface area (Å²) in [5.74, 6) is 1.75. The van der Waals surface area contributed by atoms with E-state index < -0.39 is 0 Å². The van der Waals surface area contributed by atoms with Gasteiger partial charge in [-0.15, -0.1) is 0 Å². The number of ether oxygens (including phenoxy) is 2. The zero-order valence-electron chi connectivity index (χ0n) is 13.2. The van der Waals surface area contributed by atoms with Crippen LogP contribution in [0.4, 0.5) is 0 Å². The Hall–Kier alpha value is -2.00. The van der Waals surface area contributed by atoms with Crippen molar-refractivity contribution in [3.8, 4) is 11.5 Å². The Labute approximate surface area is 126 Å². The second-order valence-corrected chi connectivity index (χ2v) is 5.21. The molecule has 0 aromatic heterocycles. The molecule has 2 aromatic rings. The van der Waals surface area contributed by atoms with Crippen LogP contribution in [0.5, 0.6) is 11.5 Å². The Morgan fingerprint density at radius 1 is 1.00 bits per heavy atom. The van der Waals surface area contributed by atoms with Crippen molar-refractivity contribution >= 4 is 0 Å². The van der Waals surface area contributed by atoms with Crippen LogP contribution >= 0.6 is 0 Å². The average Bonchev–Trinajstić information content (AvgIpc) is 2.49. The third-order valence-corrected chi connectivity index (χ3v) is 3.60. The molecule has 0 fully saturated rings. The van der Waals surface area contributed by atoms with Crippen LogP contribution in [0.1, 0.15) is 22.3 Å². The summed E-state index contributed by atoms with van der Waals surface area (Å²) < 4.78 is 11.3. The molecule has 0 spiro atoms. The van der Waals surface area contributed by atoms with Gasteiger partial charge in [0.05, 0.1) is 7.11 Å². The Morgan fingerprint density at radius 3 is 2.48 bits per heavy atom. The van der Waals surface area contributed by atoms with Gasteiger partial charge in [-0.25, -0.2) is 0 Å². The molecule has 1 N–H and O–H groups in total. The van der Waals surface area contributed by atoms with E-state index >= 15 is 0 Å². The minimum absolute atomic E-state index is 0.503. The van der Waals surface area contributed by atoms with Crippen LogP contribution < -0.4 is 14.8 Å². The highest BCUT2D eigenvalue weighted by molar-refractivity contribution is 5.38. The van der Waals surface area contributed by atoms with Crippen LogP contribution in [0.2, 0.25) is 0 Å². The lowest BCUT2D eigenvalue weighted by molar-refractivity contribution is 0.296. The van der Waals surface area contributed by atoms with Crippen molar-refractivity contribution in [3.05, 3.63) is 58.7 Å². The van der Waals surface area contributed by atoms with Crippen LogP contribution in [0.15, 0.2) is 36.4 Å². The molecule has 3 nitrogen and oxygen atoms in total. The second-order valence-electron chi connectivity index (χ2n) is 5.21. The first kappa shape index (κ1) is 15.4. The van der Waals surface area contributed by atoms with Gasteiger partial charge in [0.2, 0.25) is 0 Å². The molecule has 21 heavy (non-hydrogen) atoms. The number of hydrogen-bond acceptors (Lipinski definition) is 3. The normalized spacial score (nSPS) is 10.5. The molecule has 0 unspecified atom stereocenters. The number of hydrogen-bond donors (Lipinski definition) is 1. The lowest BCUT2D eigenvalue weighted by Gasteiger charge is -2.13. The highest BCUT2D eigenvalue weighted by Crippen LogP contribution is 2.23. The molecule has 0 aliphatic rings. The van der Waals surface area contributed by atoms with Gasteiger partial charge in [0, 0.05) is 12.1 Å². The fourth-order valence-electron chi connectivity index (χ4n) is 2.22. The number of methoxy groups -OCH3 is 1. The zero-order valence-corrected chi connectivity index (χ0v) is 13.2. The fraction of sp³-hybridized carbons (Fsp3) is 0.333. The monoisotopic (exact) mass is 285 g/mol. The molecule has 0 bridgehead atoms. The number of nitrogens with one attached hydrogen (secondary N) is 1. The standard InChI is InChI=1S/C18H23NO2/c1-13-5-7-17(9-14(13)2)21-12-16-10-15(11-19-3)6-8-18(16)20-4/h5-10,19H,11-12H2,1-4H3. The summed E-state index contributed by atoms with van der Waals surface area (Å²) in [5, 5.41) is 3.15.